The van der Waals surface area contributed by atoms with E-state index in [1.807, 2.05) is 48.0 Å². The summed E-state index contributed by atoms with van der Waals surface area (Å²) >= 11 is 0. The largest absolute Gasteiger partial charge is 0.497 e. The Morgan fingerprint density at radius 1 is 1.36 bits per heavy atom. The molecule has 0 saturated heterocycles. The molecule has 6 heteroatoms. The lowest BCUT2D eigenvalue weighted by Gasteiger charge is -2.12. The van der Waals surface area contributed by atoms with Crippen molar-refractivity contribution in [1.82, 2.24) is 15.0 Å². The van der Waals surface area contributed by atoms with Gasteiger partial charge in [0.15, 0.2) is 0 Å². The molecule has 2 rings (SSSR count). The minimum absolute atomic E-state index is 0.442. The lowest BCUT2D eigenvalue weighted by atomic mass is 10.1. The van der Waals surface area contributed by atoms with Gasteiger partial charge in [0.1, 0.15) is 11.6 Å². The highest BCUT2D eigenvalue weighted by molar-refractivity contribution is 5.63. The van der Waals surface area contributed by atoms with Crippen molar-refractivity contribution in [3.8, 4) is 5.75 Å². The molecule has 2 aromatic rings. The number of aromatic nitrogens is 2. The number of hydrogen-bond donors (Lipinski definition) is 2. The highest BCUT2D eigenvalue weighted by Crippen LogP contribution is 2.17. The molecule has 1 aromatic heterocycles. The van der Waals surface area contributed by atoms with Crippen LogP contribution in [0.2, 0.25) is 0 Å². The SMILES string of the molecule is COc1ccc(C(=CCn2ccnc2C)NOCCN)cc1. The molecule has 0 aliphatic rings. The maximum atomic E-state index is 5.45. The minimum Gasteiger partial charge on any atom is -0.497 e. The van der Waals surface area contributed by atoms with Crippen LogP contribution in [0.5, 0.6) is 5.75 Å². The number of rotatable bonds is 8. The van der Waals surface area contributed by atoms with Crippen molar-refractivity contribution in [3.63, 3.8) is 0 Å². The minimum atomic E-state index is 0.442. The molecule has 0 unspecified atom stereocenters. The maximum Gasteiger partial charge on any atom is 0.118 e. The Hall–Kier alpha value is -2.31. The fraction of sp³-hybridized carbons (Fsp3) is 0.312. The number of allylic oxidation sites excluding steroid dienone is 1. The molecule has 22 heavy (non-hydrogen) atoms. The fourth-order valence-electron chi connectivity index (χ4n) is 1.96. The van der Waals surface area contributed by atoms with Crippen molar-refractivity contribution in [3.05, 3.63) is 54.1 Å². The Bertz CT molecular complexity index is 605. The van der Waals surface area contributed by atoms with Crippen LogP contribution in [0.1, 0.15) is 11.4 Å². The summed E-state index contributed by atoms with van der Waals surface area (Å²) in [6.45, 7) is 3.58. The summed E-state index contributed by atoms with van der Waals surface area (Å²) in [5.74, 6) is 1.78. The van der Waals surface area contributed by atoms with Gasteiger partial charge in [-0.1, -0.05) is 0 Å². The molecular weight excluding hydrogens is 280 g/mol. The smallest absolute Gasteiger partial charge is 0.118 e. The van der Waals surface area contributed by atoms with Crippen molar-refractivity contribution in [2.45, 2.75) is 13.5 Å². The molecule has 6 nitrogen and oxygen atoms in total. The van der Waals surface area contributed by atoms with Gasteiger partial charge in [0, 0.05) is 25.5 Å². The molecule has 0 atom stereocenters. The molecule has 0 fully saturated rings. The number of aryl methyl sites for hydroxylation is 1. The van der Waals surface area contributed by atoms with E-state index < -0.39 is 0 Å². The number of benzene rings is 1. The van der Waals surface area contributed by atoms with Crippen LogP contribution in [0.25, 0.3) is 5.70 Å². The van der Waals surface area contributed by atoms with Crippen LogP contribution in [0.4, 0.5) is 0 Å². The van der Waals surface area contributed by atoms with Gasteiger partial charge < -0.3 is 15.0 Å². The molecule has 0 radical (unpaired) electrons. The molecule has 1 aromatic carbocycles. The Morgan fingerprint density at radius 3 is 2.73 bits per heavy atom. The lowest BCUT2D eigenvalue weighted by molar-refractivity contribution is 0.0847. The molecule has 0 amide bonds. The van der Waals surface area contributed by atoms with E-state index in [9.17, 15) is 0 Å². The number of nitrogens with one attached hydrogen (secondary N) is 1. The molecule has 3 N–H and O–H groups in total. The predicted octanol–water partition coefficient (Wildman–Crippen LogP) is 1.72. The first-order valence-corrected chi connectivity index (χ1v) is 7.14. The number of ether oxygens (including phenoxy) is 1. The first-order valence-electron chi connectivity index (χ1n) is 7.14. The number of methoxy groups -OCH3 is 1. The second kappa shape index (κ2) is 8.21. The van der Waals surface area contributed by atoms with E-state index in [1.165, 1.54) is 0 Å². The van der Waals surface area contributed by atoms with Gasteiger partial charge in [-0.05, 0) is 42.8 Å². The first kappa shape index (κ1) is 16.1. The van der Waals surface area contributed by atoms with Crippen LogP contribution in [-0.2, 0) is 11.4 Å². The van der Waals surface area contributed by atoms with Crippen molar-refractivity contribution in [2.75, 3.05) is 20.3 Å². The van der Waals surface area contributed by atoms with Gasteiger partial charge in [-0.3, -0.25) is 10.3 Å². The Kier molecular flexibility index (Phi) is 6.00. The lowest BCUT2D eigenvalue weighted by Crippen LogP contribution is -2.19. The van der Waals surface area contributed by atoms with Crippen molar-refractivity contribution < 1.29 is 9.57 Å². The van der Waals surface area contributed by atoms with Crippen LogP contribution in [0.15, 0.2) is 42.7 Å². The molecule has 118 valence electrons. The van der Waals surface area contributed by atoms with E-state index in [-0.39, 0.29) is 0 Å². The number of nitrogens with zero attached hydrogens (tertiary/aromatic N) is 2. The van der Waals surface area contributed by atoms with Crippen molar-refractivity contribution in [2.24, 2.45) is 5.73 Å². The standard InChI is InChI=1S/C16H22N4O2/c1-13-18-9-11-20(13)10-7-16(19-22-12-8-17)14-3-5-15(21-2)6-4-14/h3-7,9,11,19H,8,10,12,17H2,1-2H3. The highest BCUT2D eigenvalue weighted by atomic mass is 16.6. The zero-order valence-corrected chi connectivity index (χ0v) is 13.0. The van der Waals surface area contributed by atoms with E-state index >= 15 is 0 Å². The van der Waals surface area contributed by atoms with Crippen molar-refractivity contribution in [1.29, 1.82) is 0 Å². The molecular formula is C16H22N4O2. The molecule has 0 aliphatic heterocycles. The predicted molar refractivity (Wildman–Crippen MR) is 86.1 cm³/mol. The second-order valence-electron chi connectivity index (χ2n) is 4.71. The number of imidazole rings is 1. The number of hydroxylamine groups is 1. The molecule has 0 aliphatic carbocycles. The molecule has 0 saturated carbocycles. The maximum absolute atomic E-state index is 5.45. The Balaban J connectivity index is 2.15. The normalized spacial score (nSPS) is 11.5. The van der Waals surface area contributed by atoms with Crippen LogP contribution < -0.4 is 16.0 Å². The molecule has 0 spiro atoms. The molecule has 1 heterocycles. The van der Waals surface area contributed by atoms with E-state index in [1.54, 1.807) is 13.3 Å². The molecule has 0 bridgehead atoms. The van der Waals surface area contributed by atoms with Crippen LogP contribution >= 0.6 is 0 Å². The second-order valence-corrected chi connectivity index (χ2v) is 4.71. The summed E-state index contributed by atoms with van der Waals surface area (Å²) < 4.78 is 7.23. The van der Waals surface area contributed by atoms with Gasteiger partial charge in [0.25, 0.3) is 0 Å². The van der Waals surface area contributed by atoms with Crippen LogP contribution in [-0.4, -0.2) is 29.8 Å². The van der Waals surface area contributed by atoms with E-state index in [4.69, 9.17) is 15.3 Å². The van der Waals surface area contributed by atoms with Gasteiger partial charge in [0.05, 0.1) is 19.4 Å². The average molecular weight is 302 g/mol. The summed E-state index contributed by atoms with van der Waals surface area (Å²) in [7, 11) is 1.65. The summed E-state index contributed by atoms with van der Waals surface area (Å²) in [6, 6.07) is 7.78. The van der Waals surface area contributed by atoms with Crippen molar-refractivity contribution >= 4 is 5.70 Å². The summed E-state index contributed by atoms with van der Waals surface area (Å²) in [5, 5.41) is 0. The third-order valence-corrected chi connectivity index (χ3v) is 3.22. The number of nitrogens with two attached hydrogens (primary N) is 1. The monoisotopic (exact) mass is 302 g/mol. The van der Waals surface area contributed by atoms with E-state index in [2.05, 4.69) is 10.5 Å². The van der Waals surface area contributed by atoms with Crippen LogP contribution in [0.3, 0.4) is 0 Å². The zero-order chi connectivity index (χ0) is 15.8. The van der Waals surface area contributed by atoms with Gasteiger partial charge in [-0.15, -0.1) is 0 Å². The van der Waals surface area contributed by atoms with Gasteiger partial charge in [0.2, 0.25) is 0 Å². The third-order valence-electron chi connectivity index (χ3n) is 3.22. The summed E-state index contributed by atoms with van der Waals surface area (Å²) in [5.41, 5.74) is 10.3. The summed E-state index contributed by atoms with van der Waals surface area (Å²) in [4.78, 5) is 9.57. The topological polar surface area (TPSA) is 74.3 Å². The Morgan fingerprint density at radius 2 is 2.14 bits per heavy atom. The quantitative estimate of drug-likeness (QED) is 0.574. The van der Waals surface area contributed by atoms with Gasteiger partial charge in [-0.2, -0.15) is 0 Å². The van der Waals surface area contributed by atoms with Crippen LogP contribution in [0, 0.1) is 6.92 Å². The summed E-state index contributed by atoms with van der Waals surface area (Å²) in [6.07, 6.45) is 5.78. The van der Waals surface area contributed by atoms with Gasteiger partial charge in [-0.25, -0.2) is 4.98 Å². The fourth-order valence-corrected chi connectivity index (χ4v) is 1.96. The average Bonchev–Trinajstić information content (AvgIpc) is 2.96. The first-order chi connectivity index (χ1) is 10.7. The third kappa shape index (κ3) is 4.34. The zero-order valence-electron chi connectivity index (χ0n) is 13.0. The Labute approximate surface area is 130 Å². The van der Waals surface area contributed by atoms with E-state index in [0.717, 1.165) is 22.8 Å². The number of hydrogen-bond acceptors (Lipinski definition) is 5. The van der Waals surface area contributed by atoms with Gasteiger partial charge >= 0.3 is 0 Å². The van der Waals surface area contributed by atoms with E-state index in [0.29, 0.717) is 19.7 Å². The highest BCUT2D eigenvalue weighted by Gasteiger charge is 2.03.